The average Bonchev–Trinajstić information content (AvgIpc) is 3.46. The second-order valence-corrected chi connectivity index (χ2v) is 7.73. The fourth-order valence-corrected chi connectivity index (χ4v) is 3.93. The number of hydrogen-bond donors (Lipinski definition) is 2. The van der Waals surface area contributed by atoms with Gasteiger partial charge in [0.1, 0.15) is 23.8 Å². The molecule has 0 saturated carbocycles. The van der Waals surface area contributed by atoms with Crippen LogP contribution in [0.15, 0.2) is 47.8 Å². The summed E-state index contributed by atoms with van der Waals surface area (Å²) in [6.45, 7) is 1.000. The van der Waals surface area contributed by atoms with Crippen LogP contribution in [0.4, 0.5) is 14.6 Å². The summed E-state index contributed by atoms with van der Waals surface area (Å²) < 4.78 is 29.5. The average molecular weight is 396 g/mol. The molecule has 8 heteroatoms. The SMILES string of the molecule is FC(F)(CN1CCC(Nc2ncnc3[nH]ccc23)CC1)c1ccc(C2C=N2)cc1. The first-order valence-corrected chi connectivity index (χ1v) is 9.87. The lowest BCUT2D eigenvalue weighted by Crippen LogP contribution is -2.43. The van der Waals surface area contributed by atoms with Crippen molar-refractivity contribution in [2.45, 2.75) is 30.8 Å². The summed E-state index contributed by atoms with van der Waals surface area (Å²) in [6.07, 6.45) is 6.76. The minimum absolute atomic E-state index is 0.0676. The number of nitrogens with one attached hydrogen (secondary N) is 2. The molecular formula is C21H22F2N6. The molecule has 4 heterocycles. The topological polar surface area (TPSA) is 69.2 Å². The summed E-state index contributed by atoms with van der Waals surface area (Å²) in [7, 11) is 0. The van der Waals surface area contributed by atoms with E-state index in [4.69, 9.17) is 0 Å². The fourth-order valence-electron chi connectivity index (χ4n) is 3.93. The summed E-state index contributed by atoms with van der Waals surface area (Å²) in [5.74, 6) is -2.08. The first kappa shape index (κ1) is 18.2. The molecular weight excluding hydrogens is 374 g/mol. The Morgan fingerprint density at radius 3 is 2.59 bits per heavy atom. The van der Waals surface area contributed by atoms with Crippen molar-refractivity contribution in [3.05, 3.63) is 54.0 Å². The number of benzene rings is 1. The zero-order chi connectivity index (χ0) is 19.8. The number of aromatic nitrogens is 3. The highest BCUT2D eigenvalue weighted by Gasteiger charge is 2.35. The van der Waals surface area contributed by atoms with E-state index >= 15 is 0 Å². The second kappa shape index (κ2) is 7.18. The number of fused-ring (bicyclic) bond motifs is 1. The van der Waals surface area contributed by atoms with Crippen LogP contribution < -0.4 is 5.32 Å². The van der Waals surface area contributed by atoms with Crippen molar-refractivity contribution in [3.8, 4) is 0 Å². The highest BCUT2D eigenvalue weighted by Crippen LogP contribution is 2.32. The van der Waals surface area contributed by atoms with Gasteiger partial charge in [0.15, 0.2) is 0 Å². The first-order valence-electron chi connectivity index (χ1n) is 9.87. The first-order chi connectivity index (χ1) is 14.1. The Bertz CT molecular complexity index is 1020. The summed E-state index contributed by atoms with van der Waals surface area (Å²) in [6, 6.07) is 8.80. The van der Waals surface area contributed by atoms with Gasteiger partial charge in [-0.15, -0.1) is 0 Å². The van der Waals surface area contributed by atoms with Crippen LogP contribution in [0, 0.1) is 0 Å². The Hall–Kier alpha value is -2.87. The number of nitrogens with zero attached hydrogens (tertiary/aromatic N) is 4. The highest BCUT2D eigenvalue weighted by atomic mass is 19.3. The van der Waals surface area contributed by atoms with Gasteiger partial charge in [0, 0.05) is 37.1 Å². The lowest BCUT2D eigenvalue weighted by molar-refractivity contribution is -0.0421. The monoisotopic (exact) mass is 396 g/mol. The van der Waals surface area contributed by atoms with E-state index in [1.54, 1.807) is 12.1 Å². The maximum atomic E-state index is 14.8. The van der Waals surface area contributed by atoms with Gasteiger partial charge >= 0.3 is 0 Å². The molecule has 0 spiro atoms. The second-order valence-electron chi connectivity index (χ2n) is 7.73. The molecule has 2 aliphatic heterocycles. The smallest absolute Gasteiger partial charge is 0.285 e. The van der Waals surface area contributed by atoms with Gasteiger partial charge in [-0.05, 0) is 24.5 Å². The van der Waals surface area contributed by atoms with Crippen molar-refractivity contribution < 1.29 is 8.78 Å². The Morgan fingerprint density at radius 1 is 1.10 bits per heavy atom. The zero-order valence-electron chi connectivity index (χ0n) is 15.9. The summed E-state index contributed by atoms with van der Waals surface area (Å²) >= 11 is 0. The van der Waals surface area contributed by atoms with Crippen molar-refractivity contribution in [3.63, 3.8) is 0 Å². The number of likely N-dealkylation sites (tertiary alicyclic amines) is 1. The molecule has 2 aromatic heterocycles. The Kier molecular flexibility index (Phi) is 4.50. The van der Waals surface area contributed by atoms with Crippen LogP contribution in [0.3, 0.4) is 0 Å². The Labute approximate surface area is 167 Å². The molecule has 0 bridgehead atoms. The zero-order valence-corrected chi connectivity index (χ0v) is 15.9. The number of H-pyrrole nitrogens is 1. The van der Waals surface area contributed by atoms with E-state index in [-0.39, 0.29) is 24.2 Å². The van der Waals surface area contributed by atoms with E-state index in [9.17, 15) is 8.78 Å². The molecule has 6 nitrogen and oxygen atoms in total. The van der Waals surface area contributed by atoms with Gasteiger partial charge in [0.2, 0.25) is 0 Å². The van der Waals surface area contributed by atoms with Gasteiger partial charge in [-0.1, -0.05) is 24.3 Å². The molecule has 1 atom stereocenters. The molecule has 0 aliphatic carbocycles. The van der Waals surface area contributed by atoms with Gasteiger partial charge in [0.25, 0.3) is 5.92 Å². The van der Waals surface area contributed by atoms with Crippen LogP contribution in [0.2, 0.25) is 0 Å². The molecule has 3 aromatic rings. The summed E-state index contributed by atoms with van der Waals surface area (Å²) in [5.41, 5.74) is 1.83. The predicted octanol–water partition coefficient (Wildman–Crippen LogP) is 3.75. The quantitative estimate of drug-likeness (QED) is 0.666. The summed E-state index contributed by atoms with van der Waals surface area (Å²) in [4.78, 5) is 17.5. The molecule has 2 N–H and O–H groups in total. The number of piperidine rings is 1. The minimum Gasteiger partial charge on any atom is -0.367 e. The van der Waals surface area contributed by atoms with Crippen LogP contribution in [0.25, 0.3) is 11.0 Å². The van der Waals surface area contributed by atoms with Crippen LogP contribution in [-0.4, -0.2) is 51.7 Å². The molecule has 0 radical (unpaired) electrons. The number of aliphatic imine (C=N–C) groups is 1. The Balaban J connectivity index is 1.17. The lowest BCUT2D eigenvalue weighted by atomic mass is 10.0. The van der Waals surface area contributed by atoms with Gasteiger partial charge in [-0.25, -0.2) is 9.97 Å². The molecule has 150 valence electrons. The van der Waals surface area contributed by atoms with Gasteiger partial charge in [-0.3, -0.25) is 9.89 Å². The van der Waals surface area contributed by atoms with Crippen LogP contribution in [-0.2, 0) is 5.92 Å². The Morgan fingerprint density at radius 2 is 1.86 bits per heavy atom. The van der Waals surface area contributed by atoms with Gasteiger partial charge in [0.05, 0.1) is 11.9 Å². The standard InChI is InChI=1S/C21H22F2N6/c22-21(23,15-3-1-14(2-4-15)18-11-25-18)12-29-9-6-16(7-10-29)28-20-17-5-8-24-19(17)26-13-27-20/h1-5,8,11,13,16,18H,6-7,9-10,12H2,(H2,24,26,27,28). The van der Waals surface area contributed by atoms with E-state index in [2.05, 4.69) is 25.3 Å². The normalized spacial score (nSPS) is 20.3. The fraction of sp³-hybridized carbons (Fsp3) is 0.381. The van der Waals surface area contributed by atoms with Crippen molar-refractivity contribution in [1.29, 1.82) is 0 Å². The van der Waals surface area contributed by atoms with E-state index < -0.39 is 5.92 Å². The molecule has 2 aliphatic rings. The number of rotatable bonds is 6. The maximum Gasteiger partial charge on any atom is 0.285 e. The number of hydrogen-bond acceptors (Lipinski definition) is 5. The molecule has 1 unspecified atom stereocenters. The maximum absolute atomic E-state index is 14.8. The molecule has 1 fully saturated rings. The largest absolute Gasteiger partial charge is 0.367 e. The van der Waals surface area contributed by atoms with Crippen LogP contribution in [0.5, 0.6) is 0 Å². The molecule has 1 saturated heterocycles. The number of aromatic amines is 1. The minimum atomic E-state index is -2.87. The highest BCUT2D eigenvalue weighted by molar-refractivity contribution is 5.86. The number of alkyl halides is 2. The number of halogens is 2. The third-order valence-electron chi connectivity index (χ3n) is 5.68. The van der Waals surface area contributed by atoms with E-state index in [0.29, 0.717) is 13.1 Å². The predicted molar refractivity (Wildman–Crippen MR) is 109 cm³/mol. The van der Waals surface area contributed by atoms with Gasteiger partial charge in [-0.2, -0.15) is 8.78 Å². The van der Waals surface area contributed by atoms with Crippen molar-refractivity contribution >= 4 is 23.1 Å². The van der Waals surface area contributed by atoms with Crippen molar-refractivity contribution in [1.82, 2.24) is 19.9 Å². The molecule has 5 rings (SSSR count). The molecule has 29 heavy (non-hydrogen) atoms. The molecule has 1 aromatic carbocycles. The molecule has 0 amide bonds. The summed E-state index contributed by atoms with van der Waals surface area (Å²) in [5, 5.41) is 4.40. The lowest BCUT2D eigenvalue weighted by Gasteiger charge is -2.34. The number of anilines is 1. The van der Waals surface area contributed by atoms with Crippen molar-refractivity contribution in [2.24, 2.45) is 4.99 Å². The van der Waals surface area contributed by atoms with Crippen molar-refractivity contribution in [2.75, 3.05) is 25.0 Å². The third-order valence-corrected chi connectivity index (χ3v) is 5.68. The van der Waals surface area contributed by atoms with E-state index in [0.717, 1.165) is 35.3 Å². The van der Waals surface area contributed by atoms with Gasteiger partial charge < -0.3 is 10.3 Å². The van der Waals surface area contributed by atoms with E-state index in [1.165, 1.54) is 18.5 Å². The van der Waals surface area contributed by atoms with Crippen LogP contribution >= 0.6 is 0 Å². The third kappa shape index (κ3) is 3.85. The van der Waals surface area contributed by atoms with Crippen LogP contribution in [0.1, 0.15) is 30.0 Å². The van der Waals surface area contributed by atoms with E-state index in [1.807, 2.05) is 23.4 Å².